The number of pyridine rings is 1. The normalized spacial score (nSPS) is 16.1. The van der Waals surface area contributed by atoms with Gasteiger partial charge in [0, 0.05) is 35.7 Å². The van der Waals surface area contributed by atoms with E-state index < -0.39 is 0 Å². The number of phenols is 1. The Balaban J connectivity index is 1.69. The van der Waals surface area contributed by atoms with E-state index in [0.29, 0.717) is 5.75 Å². The van der Waals surface area contributed by atoms with Crippen LogP contribution in [0.2, 0.25) is 5.02 Å². The minimum absolute atomic E-state index is 0.251. The molecule has 1 unspecified atom stereocenters. The third-order valence-corrected chi connectivity index (χ3v) is 5.31. The van der Waals surface area contributed by atoms with E-state index in [9.17, 15) is 5.11 Å². The number of benzene rings is 2. The van der Waals surface area contributed by atoms with E-state index in [0.717, 1.165) is 35.4 Å². The molecule has 2 heterocycles. The first kappa shape index (κ1) is 15.4. The SMILES string of the molecule is CC(c1ccc(Cl)c2cccnc12)N1CCc2cc(O)ccc2C1. The fraction of sp³-hybridized carbons (Fsp3) is 0.250. The maximum atomic E-state index is 9.65. The molecular formula is C20H19ClN2O. The molecule has 2 aromatic carbocycles. The maximum absolute atomic E-state index is 9.65. The third kappa shape index (κ3) is 2.64. The van der Waals surface area contributed by atoms with Gasteiger partial charge in [0.25, 0.3) is 0 Å². The van der Waals surface area contributed by atoms with E-state index in [1.165, 1.54) is 16.7 Å². The highest BCUT2D eigenvalue weighted by molar-refractivity contribution is 6.35. The van der Waals surface area contributed by atoms with Crippen LogP contribution in [0.15, 0.2) is 48.7 Å². The van der Waals surface area contributed by atoms with Gasteiger partial charge in [-0.3, -0.25) is 9.88 Å². The van der Waals surface area contributed by atoms with Gasteiger partial charge in [0.15, 0.2) is 0 Å². The molecule has 3 aromatic rings. The zero-order valence-corrected chi connectivity index (χ0v) is 14.3. The van der Waals surface area contributed by atoms with Crippen molar-refractivity contribution in [3.8, 4) is 5.75 Å². The molecule has 0 saturated carbocycles. The molecule has 3 nitrogen and oxygen atoms in total. The molecule has 1 aromatic heterocycles. The van der Waals surface area contributed by atoms with E-state index in [2.05, 4.69) is 22.9 Å². The van der Waals surface area contributed by atoms with E-state index >= 15 is 0 Å². The van der Waals surface area contributed by atoms with Gasteiger partial charge in [-0.2, -0.15) is 0 Å². The molecule has 0 spiro atoms. The van der Waals surface area contributed by atoms with Crippen LogP contribution in [-0.2, 0) is 13.0 Å². The van der Waals surface area contributed by atoms with Crippen molar-refractivity contribution < 1.29 is 5.11 Å². The quantitative estimate of drug-likeness (QED) is 0.735. The Bertz CT molecular complexity index is 909. The number of hydrogen-bond acceptors (Lipinski definition) is 3. The molecule has 4 rings (SSSR count). The van der Waals surface area contributed by atoms with Crippen LogP contribution in [0.25, 0.3) is 10.9 Å². The van der Waals surface area contributed by atoms with Crippen LogP contribution in [0.3, 0.4) is 0 Å². The van der Waals surface area contributed by atoms with Gasteiger partial charge in [-0.15, -0.1) is 0 Å². The monoisotopic (exact) mass is 338 g/mol. The van der Waals surface area contributed by atoms with Gasteiger partial charge in [0.1, 0.15) is 5.75 Å². The highest BCUT2D eigenvalue weighted by atomic mass is 35.5. The Kier molecular flexibility index (Phi) is 3.91. The van der Waals surface area contributed by atoms with Crippen LogP contribution >= 0.6 is 11.6 Å². The van der Waals surface area contributed by atoms with Gasteiger partial charge in [-0.1, -0.05) is 23.7 Å². The minimum Gasteiger partial charge on any atom is -0.508 e. The van der Waals surface area contributed by atoms with Crippen molar-refractivity contribution in [3.63, 3.8) is 0 Å². The zero-order valence-electron chi connectivity index (χ0n) is 13.5. The van der Waals surface area contributed by atoms with Crippen molar-refractivity contribution in [3.05, 3.63) is 70.4 Å². The lowest BCUT2D eigenvalue weighted by Gasteiger charge is -2.34. The molecule has 0 bridgehead atoms. The van der Waals surface area contributed by atoms with Gasteiger partial charge in [-0.05, 0) is 60.4 Å². The summed E-state index contributed by atoms with van der Waals surface area (Å²) in [6, 6.07) is 13.9. The summed E-state index contributed by atoms with van der Waals surface area (Å²) in [7, 11) is 0. The topological polar surface area (TPSA) is 36.4 Å². The summed E-state index contributed by atoms with van der Waals surface area (Å²) in [6.45, 7) is 4.07. The summed E-state index contributed by atoms with van der Waals surface area (Å²) < 4.78 is 0. The average molecular weight is 339 g/mol. The second-order valence-corrected chi connectivity index (χ2v) is 6.79. The van der Waals surface area contributed by atoms with Gasteiger partial charge in [-0.25, -0.2) is 0 Å². The largest absolute Gasteiger partial charge is 0.508 e. The maximum Gasteiger partial charge on any atom is 0.115 e. The van der Waals surface area contributed by atoms with Crippen molar-refractivity contribution in [1.29, 1.82) is 0 Å². The van der Waals surface area contributed by atoms with Crippen molar-refractivity contribution in [2.75, 3.05) is 6.54 Å². The number of aromatic nitrogens is 1. The van der Waals surface area contributed by atoms with Crippen LogP contribution in [0, 0.1) is 0 Å². The number of phenolic OH excluding ortho intramolecular Hbond substituents is 1. The molecule has 24 heavy (non-hydrogen) atoms. The molecule has 0 radical (unpaired) electrons. The Labute approximate surface area is 146 Å². The smallest absolute Gasteiger partial charge is 0.115 e. The summed E-state index contributed by atoms with van der Waals surface area (Å²) in [6.07, 6.45) is 2.77. The Hall–Kier alpha value is -2.10. The van der Waals surface area contributed by atoms with E-state index in [1.807, 2.05) is 36.5 Å². The zero-order chi connectivity index (χ0) is 16.7. The number of nitrogens with zero attached hydrogens (tertiary/aromatic N) is 2. The lowest BCUT2D eigenvalue weighted by atomic mass is 9.96. The lowest BCUT2D eigenvalue weighted by molar-refractivity contribution is 0.193. The third-order valence-electron chi connectivity index (χ3n) is 4.98. The van der Waals surface area contributed by atoms with Gasteiger partial charge in [0.05, 0.1) is 5.52 Å². The number of aromatic hydroxyl groups is 1. The van der Waals surface area contributed by atoms with E-state index in [-0.39, 0.29) is 6.04 Å². The van der Waals surface area contributed by atoms with Crippen LogP contribution in [-0.4, -0.2) is 21.5 Å². The standard InChI is InChI=1S/C20H19ClN2O/c1-13(17-6-7-19(21)18-3-2-9-22-20(17)18)23-10-8-14-11-16(24)5-4-15(14)12-23/h2-7,9,11,13,24H,8,10,12H2,1H3. The summed E-state index contributed by atoms with van der Waals surface area (Å²) in [4.78, 5) is 7.02. The molecule has 1 aliphatic rings. The Morgan fingerprint density at radius 2 is 2.04 bits per heavy atom. The van der Waals surface area contributed by atoms with Crippen LogP contribution in [0.1, 0.15) is 29.7 Å². The molecule has 0 saturated heterocycles. The fourth-order valence-corrected chi connectivity index (χ4v) is 3.80. The van der Waals surface area contributed by atoms with Crippen LogP contribution < -0.4 is 0 Å². The Morgan fingerprint density at radius 1 is 1.17 bits per heavy atom. The predicted molar refractivity (Wildman–Crippen MR) is 97.4 cm³/mol. The molecule has 0 aliphatic carbocycles. The molecular weight excluding hydrogens is 320 g/mol. The molecule has 0 amide bonds. The van der Waals surface area contributed by atoms with E-state index in [4.69, 9.17) is 11.6 Å². The van der Waals surface area contributed by atoms with Crippen LogP contribution in [0.4, 0.5) is 0 Å². The lowest BCUT2D eigenvalue weighted by Crippen LogP contribution is -2.33. The summed E-state index contributed by atoms with van der Waals surface area (Å²) >= 11 is 6.32. The Morgan fingerprint density at radius 3 is 2.92 bits per heavy atom. The van der Waals surface area contributed by atoms with Gasteiger partial charge in [0.2, 0.25) is 0 Å². The van der Waals surface area contributed by atoms with E-state index in [1.54, 1.807) is 6.07 Å². The average Bonchev–Trinajstić information content (AvgIpc) is 2.61. The second-order valence-electron chi connectivity index (χ2n) is 6.39. The second kappa shape index (κ2) is 6.08. The summed E-state index contributed by atoms with van der Waals surface area (Å²) in [5.74, 6) is 0.350. The van der Waals surface area contributed by atoms with Crippen LogP contribution in [0.5, 0.6) is 5.75 Å². The number of hydrogen-bond donors (Lipinski definition) is 1. The first-order valence-corrected chi connectivity index (χ1v) is 8.59. The molecule has 122 valence electrons. The molecule has 0 fully saturated rings. The van der Waals surface area contributed by atoms with Gasteiger partial charge < -0.3 is 5.11 Å². The van der Waals surface area contributed by atoms with Gasteiger partial charge >= 0.3 is 0 Å². The number of rotatable bonds is 2. The molecule has 1 N–H and O–H groups in total. The van der Waals surface area contributed by atoms with Crippen molar-refractivity contribution >= 4 is 22.5 Å². The molecule has 1 atom stereocenters. The molecule has 1 aliphatic heterocycles. The predicted octanol–water partition coefficient (Wildman–Crippen LogP) is 4.71. The summed E-state index contributed by atoms with van der Waals surface area (Å²) in [5.41, 5.74) is 4.72. The molecule has 4 heteroatoms. The highest BCUT2D eigenvalue weighted by Crippen LogP contribution is 2.34. The first-order chi connectivity index (χ1) is 11.6. The van der Waals surface area contributed by atoms with Crippen molar-refractivity contribution in [2.45, 2.75) is 25.9 Å². The van der Waals surface area contributed by atoms with Crippen molar-refractivity contribution in [2.24, 2.45) is 0 Å². The van der Waals surface area contributed by atoms with Crippen molar-refractivity contribution in [1.82, 2.24) is 9.88 Å². The number of halogens is 1. The first-order valence-electron chi connectivity index (χ1n) is 8.21. The highest BCUT2D eigenvalue weighted by Gasteiger charge is 2.23. The minimum atomic E-state index is 0.251. The summed E-state index contributed by atoms with van der Waals surface area (Å²) in [5, 5.41) is 11.4. The number of fused-ring (bicyclic) bond motifs is 2. The fourth-order valence-electron chi connectivity index (χ4n) is 3.59.